The van der Waals surface area contributed by atoms with Crippen LogP contribution in [0.1, 0.15) is 15.9 Å². The van der Waals surface area contributed by atoms with Gasteiger partial charge in [-0.25, -0.2) is 0 Å². The molecule has 0 bridgehead atoms. The largest absolute Gasteiger partial charge is 0.493 e. The Bertz CT molecular complexity index is 1090. The first-order chi connectivity index (χ1) is 15.5. The first-order valence-corrected chi connectivity index (χ1v) is 10.1. The molecule has 0 saturated heterocycles. The van der Waals surface area contributed by atoms with E-state index < -0.39 is 5.91 Å². The van der Waals surface area contributed by atoms with Crippen molar-refractivity contribution in [1.29, 1.82) is 0 Å². The quantitative estimate of drug-likeness (QED) is 0.503. The van der Waals surface area contributed by atoms with Gasteiger partial charge in [-0.1, -0.05) is 29.8 Å². The number of carbonyl (C=O) groups is 2. The summed E-state index contributed by atoms with van der Waals surface area (Å²) in [6, 6.07) is 19.2. The van der Waals surface area contributed by atoms with Crippen LogP contribution in [0.3, 0.4) is 0 Å². The predicted molar refractivity (Wildman–Crippen MR) is 123 cm³/mol. The predicted octanol–water partition coefficient (Wildman–Crippen LogP) is 4.30. The average molecular weight is 455 g/mol. The van der Waals surface area contributed by atoms with Gasteiger partial charge in [0.15, 0.2) is 11.5 Å². The van der Waals surface area contributed by atoms with Gasteiger partial charge in [-0.2, -0.15) is 0 Å². The minimum atomic E-state index is -0.399. The normalized spacial score (nSPS) is 10.2. The lowest BCUT2D eigenvalue weighted by molar-refractivity contribution is -0.115. The van der Waals surface area contributed by atoms with Gasteiger partial charge in [-0.3, -0.25) is 9.59 Å². The Balaban J connectivity index is 1.48. The molecule has 2 N–H and O–H groups in total. The van der Waals surface area contributed by atoms with Gasteiger partial charge in [-0.05, 0) is 48.5 Å². The molecule has 0 spiro atoms. The molecular formula is C24H23ClN2O5. The second kappa shape index (κ2) is 11.1. The monoisotopic (exact) mass is 454 g/mol. The Morgan fingerprint density at radius 1 is 0.906 bits per heavy atom. The molecule has 0 atom stereocenters. The molecule has 0 aliphatic heterocycles. The first-order valence-electron chi connectivity index (χ1n) is 9.76. The Kier molecular flexibility index (Phi) is 7.94. The molecule has 3 aromatic carbocycles. The number of methoxy groups -OCH3 is 2. The minimum absolute atomic E-state index is 0.183. The second-order valence-corrected chi connectivity index (χ2v) is 7.11. The van der Waals surface area contributed by atoms with E-state index in [1.54, 1.807) is 42.5 Å². The molecule has 7 nitrogen and oxygen atoms in total. The third-order valence-electron chi connectivity index (χ3n) is 4.55. The van der Waals surface area contributed by atoms with Crippen LogP contribution in [-0.4, -0.2) is 32.6 Å². The summed E-state index contributed by atoms with van der Waals surface area (Å²) < 4.78 is 16.1. The van der Waals surface area contributed by atoms with Gasteiger partial charge in [0.1, 0.15) is 12.4 Å². The second-order valence-electron chi connectivity index (χ2n) is 6.71. The molecule has 0 aliphatic carbocycles. The number of anilines is 1. The fraction of sp³-hybridized carbons (Fsp3) is 0.167. The zero-order chi connectivity index (χ0) is 22.9. The van der Waals surface area contributed by atoms with E-state index in [1.165, 1.54) is 14.2 Å². The summed E-state index contributed by atoms with van der Waals surface area (Å²) in [6.45, 7) is 0.158. The maximum absolute atomic E-state index is 12.3. The summed E-state index contributed by atoms with van der Waals surface area (Å²) in [6.07, 6.45) is 0. The van der Waals surface area contributed by atoms with Crippen LogP contribution in [0.25, 0.3) is 0 Å². The number of halogens is 1. The van der Waals surface area contributed by atoms with E-state index in [2.05, 4.69) is 10.6 Å². The third-order valence-corrected chi connectivity index (χ3v) is 4.91. The number of nitrogens with one attached hydrogen (secondary N) is 2. The summed E-state index contributed by atoms with van der Waals surface area (Å²) in [5, 5.41) is 5.95. The van der Waals surface area contributed by atoms with E-state index in [0.717, 1.165) is 5.56 Å². The summed E-state index contributed by atoms with van der Waals surface area (Å²) in [5.41, 5.74) is 1.83. The van der Waals surface area contributed by atoms with Crippen molar-refractivity contribution in [2.45, 2.75) is 6.61 Å². The highest BCUT2D eigenvalue weighted by Gasteiger charge is 2.12. The standard InChI is InChI=1S/C24H23ClN2O5/c1-30-21-12-7-16(13-22(21)31-2)24(29)26-14-23(28)27-18-8-10-19(11-9-18)32-15-17-5-3-4-6-20(17)25/h3-13H,14-15H2,1-2H3,(H,26,29)(H,27,28). The average Bonchev–Trinajstić information content (AvgIpc) is 2.82. The molecule has 0 fully saturated rings. The lowest BCUT2D eigenvalue weighted by atomic mass is 10.2. The summed E-state index contributed by atoms with van der Waals surface area (Å²) >= 11 is 6.12. The molecule has 0 radical (unpaired) electrons. The summed E-state index contributed by atoms with van der Waals surface area (Å²) in [4.78, 5) is 24.5. The number of benzene rings is 3. The van der Waals surface area contributed by atoms with Gasteiger partial charge in [-0.15, -0.1) is 0 Å². The highest BCUT2D eigenvalue weighted by atomic mass is 35.5. The van der Waals surface area contributed by atoms with E-state index in [1.807, 2.05) is 24.3 Å². The fourth-order valence-electron chi connectivity index (χ4n) is 2.86. The van der Waals surface area contributed by atoms with Crippen molar-refractivity contribution in [3.8, 4) is 17.2 Å². The number of ether oxygens (including phenoxy) is 3. The first kappa shape index (κ1) is 23.0. The van der Waals surface area contributed by atoms with Gasteiger partial charge in [0.2, 0.25) is 5.91 Å². The van der Waals surface area contributed by atoms with Crippen LogP contribution in [-0.2, 0) is 11.4 Å². The number of carbonyl (C=O) groups excluding carboxylic acids is 2. The van der Waals surface area contributed by atoms with Crippen LogP contribution in [0.2, 0.25) is 5.02 Å². The van der Waals surface area contributed by atoms with Crippen LogP contribution < -0.4 is 24.8 Å². The number of rotatable bonds is 9. The van der Waals surface area contributed by atoms with E-state index in [4.69, 9.17) is 25.8 Å². The molecule has 0 aliphatic rings. The highest BCUT2D eigenvalue weighted by molar-refractivity contribution is 6.31. The molecule has 166 valence electrons. The molecule has 0 aromatic heterocycles. The zero-order valence-corrected chi connectivity index (χ0v) is 18.4. The van der Waals surface area contributed by atoms with E-state index in [-0.39, 0.29) is 12.5 Å². The molecule has 0 unspecified atom stereocenters. The molecule has 32 heavy (non-hydrogen) atoms. The number of amides is 2. The molecule has 0 heterocycles. The third kappa shape index (κ3) is 6.15. The summed E-state index contributed by atoms with van der Waals surface area (Å²) in [5.74, 6) is 0.834. The van der Waals surface area contributed by atoms with Crippen molar-refractivity contribution in [3.63, 3.8) is 0 Å². The van der Waals surface area contributed by atoms with Gasteiger partial charge in [0.05, 0.1) is 20.8 Å². The maximum Gasteiger partial charge on any atom is 0.251 e. The van der Waals surface area contributed by atoms with Crippen molar-refractivity contribution in [2.75, 3.05) is 26.1 Å². The van der Waals surface area contributed by atoms with Crippen molar-refractivity contribution in [3.05, 3.63) is 82.9 Å². The van der Waals surface area contributed by atoms with Gasteiger partial charge in [0, 0.05) is 21.8 Å². The van der Waals surface area contributed by atoms with Gasteiger partial charge in [0.25, 0.3) is 5.91 Å². The SMILES string of the molecule is COc1ccc(C(=O)NCC(=O)Nc2ccc(OCc3ccccc3Cl)cc2)cc1OC. The fourth-order valence-corrected chi connectivity index (χ4v) is 3.05. The smallest absolute Gasteiger partial charge is 0.251 e. The highest BCUT2D eigenvalue weighted by Crippen LogP contribution is 2.27. The Morgan fingerprint density at radius 2 is 1.62 bits per heavy atom. The van der Waals surface area contributed by atoms with E-state index in [9.17, 15) is 9.59 Å². The molecule has 3 aromatic rings. The number of hydrogen-bond donors (Lipinski definition) is 2. The maximum atomic E-state index is 12.3. The number of hydrogen-bond acceptors (Lipinski definition) is 5. The molecule has 3 rings (SSSR count). The lowest BCUT2D eigenvalue weighted by Crippen LogP contribution is -2.32. The lowest BCUT2D eigenvalue weighted by Gasteiger charge is -2.11. The van der Waals surface area contributed by atoms with Crippen LogP contribution >= 0.6 is 11.6 Å². The van der Waals surface area contributed by atoms with Gasteiger partial charge < -0.3 is 24.8 Å². The molecular weight excluding hydrogens is 432 g/mol. The Labute approximate surface area is 191 Å². The van der Waals surface area contributed by atoms with E-state index in [0.29, 0.717) is 40.1 Å². The van der Waals surface area contributed by atoms with Crippen LogP contribution in [0.5, 0.6) is 17.2 Å². The van der Waals surface area contributed by atoms with E-state index >= 15 is 0 Å². The topological polar surface area (TPSA) is 85.9 Å². The minimum Gasteiger partial charge on any atom is -0.493 e. The van der Waals surface area contributed by atoms with Crippen LogP contribution in [0.15, 0.2) is 66.7 Å². The molecule has 0 saturated carbocycles. The zero-order valence-electron chi connectivity index (χ0n) is 17.7. The Hall–Kier alpha value is -3.71. The van der Waals surface area contributed by atoms with Crippen molar-refractivity contribution >= 4 is 29.1 Å². The van der Waals surface area contributed by atoms with Gasteiger partial charge >= 0.3 is 0 Å². The summed E-state index contributed by atoms with van der Waals surface area (Å²) in [7, 11) is 3.00. The molecule has 8 heteroatoms. The van der Waals surface area contributed by atoms with Crippen molar-refractivity contribution in [2.24, 2.45) is 0 Å². The van der Waals surface area contributed by atoms with Crippen LogP contribution in [0.4, 0.5) is 5.69 Å². The Morgan fingerprint density at radius 3 is 2.31 bits per heavy atom. The molecule has 2 amide bonds. The van der Waals surface area contributed by atoms with Crippen LogP contribution in [0, 0.1) is 0 Å². The van der Waals surface area contributed by atoms with Crippen molar-refractivity contribution in [1.82, 2.24) is 5.32 Å². The van der Waals surface area contributed by atoms with Crippen molar-refractivity contribution < 1.29 is 23.8 Å².